The van der Waals surface area contributed by atoms with E-state index >= 15 is 0 Å². The van der Waals surface area contributed by atoms with Gasteiger partial charge < -0.3 is 24.6 Å². The number of ether oxygens (including phenoxy) is 3. The molecule has 0 heterocycles. The molecular weight excluding hydrogens is 214 g/mol. The molecule has 0 saturated carbocycles. The SMILES string of the molecule is CCNC(=O)COCCOCCOCCO. The largest absolute Gasteiger partial charge is 0.394 e. The second kappa shape index (κ2) is 12.4. The Morgan fingerprint density at radius 1 is 1.06 bits per heavy atom. The fourth-order valence-electron chi connectivity index (χ4n) is 0.917. The second-order valence-corrected chi connectivity index (χ2v) is 2.95. The van der Waals surface area contributed by atoms with Crippen LogP contribution in [0.5, 0.6) is 0 Å². The number of hydrogen-bond donors (Lipinski definition) is 2. The Balaban J connectivity index is 3.01. The van der Waals surface area contributed by atoms with Crippen LogP contribution in [-0.2, 0) is 19.0 Å². The van der Waals surface area contributed by atoms with Crippen molar-refractivity contribution in [1.29, 1.82) is 0 Å². The van der Waals surface area contributed by atoms with E-state index in [9.17, 15) is 4.79 Å². The summed E-state index contributed by atoms with van der Waals surface area (Å²) in [7, 11) is 0. The minimum atomic E-state index is -0.117. The summed E-state index contributed by atoms with van der Waals surface area (Å²) in [6.45, 7) is 4.62. The second-order valence-electron chi connectivity index (χ2n) is 2.95. The highest BCUT2D eigenvalue weighted by molar-refractivity contribution is 5.77. The number of amides is 1. The molecule has 6 heteroatoms. The van der Waals surface area contributed by atoms with Crippen LogP contribution < -0.4 is 5.32 Å². The Labute approximate surface area is 95.9 Å². The summed E-state index contributed by atoms with van der Waals surface area (Å²) in [6.07, 6.45) is 0. The van der Waals surface area contributed by atoms with Gasteiger partial charge in [0.25, 0.3) is 0 Å². The van der Waals surface area contributed by atoms with E-state index in [1.165, 1.54) is 0 Å². The number of rotatable bonds is 11. The van der Waals surface area contributed by atoms with Crippen molar-refractivity contribution in [1.82, 2.24) is 5.32 Å². The number of nitrogens with one attached hydrogen (secondary N) is 1. The Morgan fingerprint density at radius 3 is 2.19 bits per heavy atom. The summed E-state index contributed by atoms with van der Waals surface area (Å²) in [4.78, 5) is 10.9. The summed E-state index contributed by atoms with van der Waals surface area (Å²) in [5, 5.41) is 11.0. The van der Waals surface area contributed by atoms with Crippen molar-refractivity contribution in [2.75, 3.05) is 52.8 Å². The topological polar surface area (TPSA) is 77.0 Å². The lowest BCUT2D eigenvalue weighted by molar-refractivity contribution is -0.126. The monoisotopic (exact) mass is 235 g/mol. The summed E-state index contributed by atoms with van der Waals surface area (Å²) in [5.41, 5.74) is 0. The molecule has 0 aromatic carbocycles. The Morgan fingerprint density at radius 2 is 1.62 bits per heavy atom. The molecule has 0 spiro atoms. The van der Waals surface area contributed by atoms with Crippen LogP contribution in [0.3, 0.4) is 0 Å². The van der Waals surface area contributed by atoms with Gasteiger partial charge in [0.15, 0.2) is 0 Å². The van der Waals surface area contributed by atoms with Crippen LogP contribution in [0.1, 0.15) is 6.92 Å². The highest BCUT2D eigenvalue weighted by Gasteiger charge is 1.98. The zero-order valence-corrected chi connectivity index (χ0v) is 9.74. The van der Waals surface area contributed by atoms with Crippen molar-refractivity contribution < 1.29 is 24.1 Å². The number of carbonyl (C=O) groups excluding carboxylic acids is 1. The molecule has 0 unspecified atom stereocenters. The normalized spacial score (nSPS) is 10.4. The van der Waals surface area contributed by atoms with E-state index in [4.69, 9.17) is 19.3 Å². The number of aliphatic hydroxyl groups is 1. The van der Waals surface area contributed by atoms with E-state index in [0.717, 1.165) is 0 Å². The number of likely N-dealkylation sites (N-methyl/N-ethyl adjacent to an activating group) is 1. The molecule has 0 aromatic heterocycles. The lowest BCUT2D eigenvalue weighted by Gasteiger charge is -2.06. The minimum absolute atomic E-state index is 0.0235. The molecule has 0 radical (unpaired) electrons. The molecule has 0 fully saturated rings. The third kappa shape index (κ3) is 11.4. The van der Waals surface area contributed by atoms with Crippen LogP contribution in [0.25, 0.3) is 0 Å². The molecule has 0 saturated heterocycles. The first kappa shape index (κ1) is 15.3. The van der Waals surface area contributed by atoms with Gasteiger partial charge in [-0.15, -0.1) is 0 Å². The lowest BCUT2D eigenvalue weighted by atomic mass is 10.6. The lowest BCUT2D eigenvalue weighted by Crippen LogP contribution is -2.27. The van der Waals surface area contributed by atoms with Crippen molar-refractivity contribution in [3.63, 3.8) is 0 Å². The van der Waals surface area contributed by atoms with Crippen molar-refractivity contribution in [2.24, 2.45) is 0 Å². The van der Waals surface area contributed by atoms with Gasteiger partial charge in [-0.1, -0.05) is 0 Å². The fraction of sp³-hybridized carbons (Fsp3) is 0.900. The van der Waals surface area contributed by atoms with Gasteiger partial charge in [0.1, 0.15) is 6.61 Å². The van der Waals surface area contributed by atoms with Crippen molar-refractivity contribution in [3.05, 3.63) is 0 Å². The van der Waals surface area contributed by atoms with E-state index in [-0.39, 0.29) is 19.1 Å². The van der Waals surface area contributed by atoms with Crippen molar-refractivity contribution in [3.8, 4) is 0 Å². The van der Waals surface area contributed by atoms with Gasteiger partial charge in [0, 0.05) is 6.54 Å². The maximum atomic E-state index is 10.9. The predicted molar refractivity (Wildman–Crippen MR) is 58.2 cm³/mol. The Hall–Kier alpha value is -0.690. The third-order valence-electron chi connectivity index (χ3n) is 1.59. The first-order valence-corrected chi connectivity index (χ1v) is 5.42. The van der Waals surface area contributed by atoms with Gasteiger partial charge in [0.05, 0.1) is 39.6 Å². The molecule has 2 N–H and O–H groups in total. The average Bonchev–Trinajstić information content (AvgIpc) is 2.27. The van der Waals surface area contributed by atoms with Gasteiger partial charge in [-0.2, -0.15) is 0 Å². The zero-order valence-electron chi connectivity index (χ0n) is 9.74. The Bertz CT molecular complexity index is 165. The first-order valence-electron chi connectivity index (χ1n) is 5.42. The molecule has 16 heavy (non-hydrogen) atoms. The summed E-state index contributed by atoms with van der Waals surface area (Å²) in [5.74, 6) is -0.117. The zero-order chi connectivity index (χ0) is 12.1. The van der Waals surface area contributed by atoms with E-state index in [0.29, 0.717) is 39.6 Å². The molecule has 0 rings (SSSR count). The predicted octanol–water partition coefficient (Wildman–Crippen LogP) is -0.835. The van der Waals surface area contributed by atoms with Gasteiger partial charge in [-0.05, 0) is 6.92 Å². The quantitative estimate of drug-likeness (QED) is 0.457. The molecule has 0 aliphatic rings. The van der Waals surface area contributed by atoms with Crippen LogP contribution in [0.15, 0.2) is 0 Å². The standard InChI is InChI=1S/C10H21NO5/c1-2-11-10(13)9-16-8-7-15-6-5-14-4-3-12/h12H,2-9H2,1H3,(H,11,13). The molecule has 6 nitrogen and oxygen atoms in total. The van der Waals surface area contributed by atoms with E-state index in [1.54, 1.807) is 0 Å². The fourth-order valence-corrected chi connectivity index (χ4v) is 0.917. The molecule has 0 atom stereocenters. The number of aliphatic hydroxyl groups excluding tert-OH is 1. The smallest absolute Gasteiger partial charge is 0.245 e. The van der Waals surface area contributed by atoms with E-state index in [1.807, 2.05) is 6.92 Å². The van der Waals surface area contributed by atoms with Gasteiger partial charge in [-0.3, -0.25) is 4.79 Å². The van der Waals surface area contributed by atoms with Gasteiger partial charge in [0.2, 0.25) is 5.91 Å². The molecule has 0 aliphatic heterocycles. The maximum absolute atomic E-state index is 10.9. The number of hydrogen-bond acceptors (Lipinski definition) is 5. The highest BCUT2D eigenvalue weighted by Crippen LogP contribution is 1.81. The summed E-state index contributed by atoms with van der Waals surface area (Å²) < 4.78 is 15.2. The van der Waals surface area contributed by atoms with Crippen LogP contribution in [-0.4, -0.2) is 63.8 Å². The average molecular weight is 235 g/mol. The van der Waals surface area contributed by atoms with E-state index < -0.39 is 0 Å². The van der Waals surface area contributed by atoms with Crippen molar-refractivity contribution in [2.45, 2.75) is 6.92 Å². The van der Waals surface area contributed by atoms with Gasteiger partial charge >= 0.3 is 0 Å². The first-order chi connectivity index (χ1) is 7.81. The summed E-state index contributed by atoms with van der Waals surface area (Å²) in [6, 6.07) is 0. The molecule has 0 aromatic rings. The van der Waals surface area contributed by atoms with Crippen LogP contribution in [0, 0.1) is 0 Å². The Kier molecular flexibility index (Phi) is 11.8. The maximum Gasteiger partial charge on any atom is 0.245 e. The van der Waals surface area contributed by atoms with Crippen LogP contribution in [0.2, 0.25) is 0 Å². The third-order valence-corrected chi connectivity index (χ3v) is 1.59. The molecular formula is C10H21NO5. The van der Waals surface area contributed by atoms with Crippen LogP contribution >= 0.6 is 0 Å². The number of carbonyl (C=O) groups is 1. The van der Waals surface area contributed by atoms with E-state index in [2.05, 4.69) is 5.32 Å². The van der Waals surface area contributed by atoms with Crippen molar-refractivity contribution >= 4 is 5.91 Å². The highest BCUT2D eigenvalue weighted by atomic mass is 16.5. The van der Waals surface area contributed by atoms with Crippen LogP contribution in [0.4, 0.5) is 0 Å². The minimum Gasteiger partial charge on any atom is -0.394 e. The molecule has 0 aliphatic carbocycles. The van der Waals surface area contributed by atoms with Gasteiger partial charge in [-0.25, -0.2) is 0 Å². The molecule has 0 bridgehead atoms. The molecule has 1 amide bonds. The summed E-state index contributed by atoms with van der Waals surface area (Å²) >= 11 is 0. The molecule has 96 valence electrons.